The molecule has 0 unspecified atom stereocenters. The van der Waals surface area contributed by atoms with Gasteiger partial charge in [-0.2, -0.15) is 0 Å². The van der Waals surface area contributed by atoms with Gasteiger partial charge in [-0.15, -0.1) is 0 Å². The lowest BCUT2D eigenvalue weighted by atomic mass is 10.3. The summed E-state index contributed by atoms with van der Waals surface area (Å²) in [6.07, 6.45) is 4.51. The lowest BCUT2D eigenvalue weighted by Gasteiger charge is -2.10. The molecule has 4 nitrogen and oxygen atoms in total. The summed E-state index contributed by atoms with van der Waals surface area (Å²) >= 11 is 6.92. The molecule has 2 rings (SSSR count). The second-order valence-corrected chi connectivity index (χ2v) is 5.87. The van der Waals surface area contributed by atoms with Crippen LogP contribution < -0.4 is 10.1 Å². The van der Waals surface area contributed by atoms with Crippen molar-refractivity contribution in [2.45, 2.75) is 20.0 Å². The highest BCUT2D eigenvalue weighted by Crippen LogP contribution is 2.33. The number of rotatable bonds is 6. The van der Waals surface area contributed by atoms with E-state index in [4.69, 9.17) is 4.74 Å². The first kappa shape index (κ1) is 15.3. The first-order valence-corrected chi connectivity index (χ1v) is 7.91. The van der Waals surface area contributed by atoms with Crippen LogP contribution in [0.4, 0.5) is 5.82 Å². The van der Waals surface area contributed by atoms with Crippen LogP contribution in [0.1, 0.15) is 19.0 Å². The molecule has 2 aromatic rings. The SMILES string of the molecule is CCCNc1cnc(COc2c(Br)cccc2Br)cn1. The van der Waals surface area contributed by atoms with Crippen molar-refractivity contribution in [2.24, 2.45) is 0 Å². The molecule has 1 aromatic heterocycles. The van der Waals surface area contributed by atoms with Gasteiger partial charge in [0, 0.05) is 6.54 Å². The topological polar surface area (TPSA) is 47.0 Å². The number of anilines is 1. The van der Waals surface area contributed by atoms with Gasteiger partial charge in [-0.05, 0) is 50.4 Å². The second kappa shape index (κ2) is 7.59. The molecular weight excluding hydrogens is 386 g/mol. The Bertz CT molecular complexity index is 541. The van der Waals surface area contributed by atoms with Crippen LogP contribution >= 0.6 is 31.9 Å². The predicted octanol–water partition coefficient (Wildman–Crippen LogP) is 4.40. The van der Waals surface area contributed by atoms with Crippen molar-refractivity contribution in [1.29, 1.82) is 0 Å². The zero-order valence-corrected chi connectivity index (χ0v) is 14.2. The number of aromatic nitrogens is 2. The average molecular weight is 401 g/mol. The molecule has 0 fully saturated rings. The first-order valence-electron chi connectivity index (χ1n) is 6.32. The lowest BCUT2D eigenvalue weighted by Crippen LogP contribution is -2.05. The highest BCUT2D eigenvalue weighted by atomic mass is 79.9. The Morgan fingerprint density at radius 3 is 2.50 bits per heavy atom. The second-order valence-electron chi connectivity index (χ2n) is 4.16. The van der Waals surface area contributed by atoms with Gasteiger partial charge in [0.15, 0.2) is 0 Å². The quantitative estimate of drug-likeness (QED) is 0.780. The van der Waals surface area contributed by atoms with Gasteiger partial charge in [0.25, 0.3) is 0 Å². The van der Waals surface area contributed by atoms with E-state index >= 15 is 0 Å². The summed E-state index contributed by atoms with van der Waals surface area (Å²) in [6.45, 7) is 3.38. The minimum atomic E-state index is 0.377. The summed E-state index contributed by atoms with van der Waals surface area (Å²) < 4.78 is 7.57. The normalized spacial score (nSPS) is 10.3. The standard InChI is InChI=1S/C14H15Br2N3O/c1-2-6-17-13-8-18-10(7-19-13)9-20-14-11(15)4-3-5-12(14)16/h3-5,7-8H,2,6,9H2,1H3,(H,17,19). The first-order chi connectivity index (χ1) is 9.70. The van der Waals surface area contributed by atoms with Crippen molar-refractivity contribution in [3.8, 4) is 5.75 Å². The molecule has 1 heterocycles. The third kappa shape index (κ3) is 4.18. The van der Waals surface area contributed by atoms with Crippen molar-refractivity contribution in [2.75, 3.05) is 11.9 Å². The van der Waals surface area contributed by atoms with Crippen LogP contribution in [0.2, 0.25) is 0 Å². The molecule has 0 atom stereocenters. The summed E-state index contributed by atoms with van der Waals surface area (Å²) in [5.41, 5.74) is 0.787. The minimum Gasteiger partial charge on any atom is -0.485 e. The highest BCUT2D eigenvalue weighted by molar-refractivity contribution is 9.11. The van der Waals surface area contributed by atoms with Crippen molar-refractivity contribution < 1.29 is 4.74 Å². The van der Waals surface area contributed by atoms with E-state index in [1.807, 2.05) is 18.2 Å². The number of hydrogen-bond donors (Lipinski definition) is 1. The zero-order chi connectivity index (χ0) is 14.4. The van der Waals surface area contributed by atoms with E-state index in [-0.39, 0.29) is 0 Å². The van der Waals surface area contributed by atoms with Crippen molar-refractivity contribution in [3.63, 3.8) is 0 Å². The molecular formula is C14H15Br2N3O. The largest absolute Gasteiger partial charge is 0.485 e. The summed E-state index contributed by atoms with van der Waals surface area (Å²) in [5, 5.41) is 3.18. The molecule has 1 N–H and O–H groups in total. The van der Waals surface area contributed by atoms with Crippen LogP contribution in [0.15, 0.2) is 39.5 Å². The molecule has 0 saturated heterocycles. The molecule has 0 radical (unpaired) electrons. The van der Waals surface area contributed by atoms with Gasteiger partial charge in [-0.3, -0.25) is 4.98 Å². The number of nitrogens with zero attached hydrogens (tertiary/aromatic N) is 2. The molecule has 6 heteroatoms. The fourth-order valence-electron chi connectivity index (χ4n) is 1.54. The number of benzene rings is 1. The molecule has 0 bridgehead atoms. The number of ether oxygens (including phenoxy) is 1. The Hall–Kier alpha value is -1.14. The summed E-state index contributed by atoms with van der Waals surface area (Å²) in [5.74, 6) is 1.56. The maximum Gasteiger partial charge on any atom is 0.148 e. The molecule has 0 spiro atoms. The van der Waals surface area contributed by atoms with Crippen LogP contribution in [0.5, 0.6) is 5.75 Å². The smallest absolute Gasteiger partial charge is 0.148 e. The Kier molecular flexibility index (Phi) is 5.79. The van der Waals surface area contributed by atoms with E-state index in [0.717, 1.165) is 39.2 Å². The number of halogens is 2. The van der Waals surface area contributed by atoms with Gasteiger partial charge in [-0.1, -0.05) is 13.0 Å². The van der Waals surface area contributed by atoms with E-state index in [9.17, 15) is 0 Å². The van der Waals surface area contributed by atoms with E-state index < -0.39 is 0 Å². The molecule has 1 aromatic carbocycles. The molecule has 0 aliphatic heterocycles. The molecule has 0 aliphatic rings. The highest BCUT2D eigenvalue weighted by Gasteiger charge is 2.06. The van der Waals surface area contributed by atoms with Crippen molar-refractivity contribution >= 4 is 37.7 Å². The number of para-hydroxylation sites is 1. The Morgan fingerprint density at radius 1 is 1.15 bits per heavy atom. The van der Waals surface area contributed by atoms with Gasteiger partial charge in [0.2, 0.25) is 0 Å². The van der Waals surface area contributed by atoms with E-state index in [0.29, 0.717) is 6.61 Å². The lowest BCUT2D eigenvalue weighted by molar-refractivity contribution is 0.297. The third-order valence-corrected chi connectivity index (χ3v) is 3.79. The Morgan fingerprint density at radius 2 is 1.90 bits per heavy atom. The van der Waals surface area contributed by atoms with Crippen LogP contribution in [0.25, 0.3) is 0 Å². The fourth-order valence-corrected chi connectivity index (χ4v) is 2.77. The maximum absolute atomic E-state index is 5.76. The van der Waals surface area contributed by atoms with E-state index in [1.165, 1.54) is 0 Å². The van der Waals surface area contributed by atoms with Crippen LogP contribution in [0.3, 0.4) is 0 Å². The third-order valence-electron chi connectivity index (χ3n) is 2.54. The molecule has 20 heavy (non-hydrogen) atoms. The molecule has 0 aliphatic carbocycles. The fraction of sp³-hybridized carbons (Fsp3) is 0.286. The Balaban J connectivity index is 1.97. The van der Waals surface area contributed by atoms with Crippen LogP contribution in [0, 0.1) is 0 Å². The summed E-state index contributed by atoms with van der Waals surface area (Å²) in [7, 11) is 0. The Labute approximate surface area is 135 Å². The predicted molar refractivity (Wildman–Crippen MR) is 87.0 cm³/mol. The molecule has 106 valence electrons. The van der Waals surface area contributed by atoms with Gasteiger partial charge >= 0.3 is 0 Å². The van der Waals surface area contributed by atoms with Crippen LogP contribution in [-0.4, -0.2) is 16.5 Å². The molecule has 0 amide bonds. The monoisotopic (exact) mass is 399 g/mol. The van der Waals surface area contributed by atoms with Gasteiger partial charge in [-0.25, -0.2) is 4.98 Å². The number of hydrogen-bond acceptors (Lipinski definition) is 4. The number of nitrogens with one attached hydrogen (secondary N) is 1. The maximum atomic E-state index is 5.76. The van der Waals surface area contributed by atoms with Gasteiger partial charge < -0.3 is 10.1 Å². The molecule has 0 saturated carbocycles. The summed E-state index contributed by atoms with van der Waals surface area (Å²) in [4.78, 5) is 8.62. The van der Waals surface area contributed by atoms with Gasteiger partial charge in [0.05, 0.1) is 27.0 Å². The average Bonchev–Trinajstić information content (AvgIpc) is 2.46. The van der Waals surface area contributed by atoms with Crippen molar-refractivity contribution in [1.82, 2.24) is 9.97 Å². The zero-order valence-electron chi connectivity index (χ0n) is 11.1. The minimum absolute atomic E-state index is 0.377. The van der Waals surface area contributed by atoms with E-state index in [2.05, 4.69) is 54.1 Å². The van der Waals surface area contributed by atoms with Crippen LogP contribution in [-0.2, 0) is 6.61 Å². The van der Waals surface area contributed by atoms with Gasteiger partial charge in [0.1, 0.15) is 18.2 Å². The van der Waals surface area contributed by atoms with E-state index in [1.54, 1.807) is 12.4 Å². The van der Waals surface area contributed by atoms with Crippen molar-refractivity contribution in [3.05, 3.63) is 45.2 Å². The summed E-state index contributed by atoms with van der Waals surface area (Å²) in [6, 6.07) is 5.81.